The van der Waals surface area contributed by atoms with E-state index < -0.39 is 0 Å². The Morgan fingerprint density at radius 2 is 1.62 bits per heavy atom. The van der Waals surface area contributed by atoms with Crippen LogP contribution in [0.2, 0.25) is 0 Å². The molecule has 1 amide bonds. The fourth-order valence-corrected chi connectivity index (χ4v) is 2.39. The molecule has 104 valence electrons. The molecule has 0 fully saturated rings. The zero-order valence-electron chi connectivity index (χ0n) is 11.8. The van der Waals surface area contributed by atoms with E-state index >= 15 is 0 Å². The van der Waals surface area contributed by atoms with Crippen molar-refractivity contribution in [2.45, 2.75) is 6.42 Å². The maximum absolute atomic E-state index is 12.3. The molecule has 0 aromatic heterocycles. The SMILES string of the molecule is O=C(c1ccccc1)N1C=CC(Cc2ccccc2)=CC1. The van der Waals surface area contributed by atoms with Crippen molar-refractivity contribution in [2.75, 3.05) is 6.54 Å². The molecule has 1 aliphatic heterocycles. The average Bonchev–Trinajstić information content (AvgIpc) is 2.57. The van der Waals surface area contributed by atoms with Crippen LogP contribution in [-0.2, 0) is 6.42 Å². The molecular weight excluding hydrogens is 258 g/mol. The van der Waals surface area contributed by atoms with Gasteiger partial charge in [-0.1, -0.05) is 54.6 Å². The van der Waals surface area contributed by atoms with Crippen LogP contribution in [-0.4, -0.2) is 17.4 Å². The van der Waals surface area contributed by atoms with Gasteiger partial charge in [0.25, 0.3) is 5.91 Å². The third-order valence-corrected chi connectivity index (χ3v) is 3.55. The second-order valence-electron chi connectivity index (χ2n) is 5.08. The first-order chi connectivity index (χ1) is 10.3. The third kappa shape index (κ3) is 3.29. The molecule has 0 radical (unpaired) electrons. The minimum absolute atomic E-state index is 0.0434. The maximum Gasteiger partial charge on any atom is 0.258 e. The topological polar surface area (TPSA) is 20.3 Å². The fourth-order valence-electron chi connectivity index (χ4n) is 2.39. The lowest BCUT2D eigenvalue weighted by atomic mass is 10.0. The van der Waals surface area contributed by atoms with E-state index in [0.29, 0.717) is 6.54 Å². The van der Waals surface area contributed by atoms with Gasteiger partial charge in [-0.2, -0.15) is 0 Å². The lowest BCUT2D eigenvalue weighted by Gasteiger charge is -2.21. The minimum atomic E-state index is 0.0434. The van der Waals surface area contributed by atoms with Gasteiger partial charge in [0, 0.05) is 18.3 Å². The molecule has 2 heteroatoms. The van der Waals surface area contributed by atoms with Gasteiger partial charge in [0.1, 0.15) is 0 Å². The first kappa shape index (κ1) is 13.4. The van der Waals surface area contributed by atoms with E-state index in [4.69, 9.17) is 0 Å². The van der Waals surface area contributed by atoms with Crippen LogP contribution >= 0.6 is 0 Å². The molecule has 0 bridgehead atoms. The lowest BCUT2D eigenvalue weighted by molar-refractivity contribution is 0.0833. The van der Waals surface area contributed by atoms with Crippen molar-refractivity contribution >= 4 is 5.91 Å². The van der Waals surface area contributed by atoms with E-state index in [1.54, 1.807) is 4.90 Å². The number of hydrogen-bond donors (Lipinski definition) is 0. The number of hydrogen-bond acceptors (Lipinski definition) is 1. The second-order valence-corrected chi connectivity index (χ2v) is 5.08. The molecule has 0 saturated heterocycles. The Balaban J connectivity index is 1.65. The number of carbonyl (C=O) groups excluding carboxylic acids is 1. The number of allylic oxidation sites excluding steroid dienone is 2. The van der Waals surface area contributed by atoms with Crippen molar-refractivity contribution in [3.63, 3.8) is 0 Å². The van der Waals surface area contributed by atoms with Gasteiger partial charge >= 0.3 is 0 Å². The molecule has 3 rings (SSSR count). The van der Waals surface area contributed by atoms with Crippen molar-refractivity contribution in [1.82, 2.24) is 4.90 Å². The summed E-state index contributed by atoms with van der Waals surface area (Å²) in [5, 5.41) is 0. The Morgan fingerprint density at radius 1 is 0.952 bits per heavy atom. The molecule has 0 unspecified atom stereocenters. The highest BCUT2D eigenvalue weighted by Crippen LogP contribution is 2.15. The highest BCUT2D eigenvalue weighted by Gasteiger charge is 2.14. The Morgan fingerprint density at radius 3 is 2.24 bits per heavy atom. The van der Waals surface area contributed by atoms with Crippen LogP contribution in [0.25, 0.3) is 0 Å². The van der Waals surface area contributed by atoms with Gasteiger partial charge in [-0.15, -0.1) is 0 Å². The summed E-state index contributed by atoms with van der Waals surface area (Å²) in [5.41, 5.74) is 3.26. The van der Waals surface area contributed by atoms with Crippen molar-refractivity contribution < 1.29 is 4.79 Å². The molecule has 21 heavy (non-hydrogen) atoms. The Labute approximate surface area is 125 Å². The molecule has 0 atom stereocenters. The van der Waals surface area contributed by atoms with E-state index in [-0.39, 0.29) is 5.91 Å². The van der Waals surface area contributed by atoms with Crippen LogP contribution in [0.4, 0.5) is 0 Å². The number of amides is 1. The number of benzene rings is 2. The Hall–Kier alpha value is -2.61. The maximum atomic E-state index is 12.3. The minimum Gasteiger partial charge on any atom is -0.311 e. The van der Waals surface area contributed by atoms with E-state index in [1.165, 1.54) is 11.1 Å². The summed E-state index contributed by atoms with van der Waals surface area (Å²) >= 11 is 0. The summed E-state index contributed by atoms with van der Waals surface area (Å²) in [6.07, 6.45) is 6.93. The highest BCUT2D eigenvalue weighted by atomic mass is 16.2. The standard InChI is InChI=1S/C19H17NO/c21-19(18-9-5-2-6-10-18)20-13-11-17(12-14-20)15-16-7-3-1-4-8-16/h1-13H,14-15H2. The van der Waals surface area contributed by atoms with Crippen LogP contribution in [0.1, 0.15) is 15.9 Å². The number of carbonyl (C=O) groups is 1. The largest absolute Gasteiger partial charge is 0.311 e. The van der Waals surface area contributed by atoms with Crippen LogP contribution in [0.5, 0.6) is 0 Å². The molecule has 0 saturated carbocycles. The quantitative estimate of drug-likeness (QED) is 0.833. The van der Waals surface area contributed by atoms with Gasteiger partial charge in [-0.3, -0.25) is 4.79 Å². The van der Waals surface area contributed by atoms with Gasteiger partial charge in [0.05, 0.1) is 0 Å². The second kappa shape index (κ2) is 6.23. The number of rotatable bonds is 3. The van der Waals surface area contributed by atoms with Gasteiger partial charge < -0.3 is 4.90 Å². The molecule has 0 aliphatic carbocycles. The fraction of sp³-hybridized carbons (Fsp3) is 0.105. The monoisotopic (exact) mass is 275 g/mol. The van der Waals surface area contributed by atoms with E-state index in [1.807, 2.05) is 60.8 Å². The Bertz CT molecular complexity index is 671. The third-order valence-electron chi connectivity index (χ3n) is 3.55. The molecule has 1 aliphatic rings. The predicted octanol–water partition coefficient (Wildman–Crippen LogP) is 3.83. The zero-order chi connectivity index (χ0) is 14.5. The molecule has 1 heterocycles. The van der Waals surface area contributed by atoms with E-state index in [0.717, 1.165) is 12.0 Å². The van der Waals surface area contributed by atoms with Crippen LogP contribution in [0, 0.1) is 0 Å². The molecule has 2 aromatic carbocycles. The van der Waals surface area contributed by atoms with Gasteiger partial charge in [-0.25, -0.2) is 0 Å². The molecular formula is C19H17NO. The average molecular weight is 275 g/mol. The Kier molecular flexibility index (Phi) is 3.97. The summed E-state index contributed by atoms with van der Waals surface area (Å²) in [4.78, 5) is 14.1. The van der Waals surface area contributed by atoms with Crippen LogP contribution in [0.3, 0.4) is 0 Å². The first-order valence-electron chi connectivity index (χ1n) is 7.10. The molecule has 2 aromatic rings. The normalized spacial score (nSPS) is 13.9. The van der Waals surface area contributed by atoms with Crippen molar-refractivity contribution in [1.29, 1.82) is 0 Å². The van der Waals surface area contributed by atoms with Gasteiger partial charge in [-0.05, 0) is 35.8 Å². The smallest absolute Gasteiger partial charge is 0.258 e. The molecule has 0 spiro atoms. The number of nitrogens with zero attached hydrogens (tertiary/aromatic N) is 1. The van der Waals surface area contributed by atoms with Crippen molar-refractivity contribution in [3.8, 4) is 0 Å². The van der Waals surface area contributed by atoms with E-state index in [2.05, 4.69) is 18.2 Å². The van der Waals surface area contributed by atoms with Crippen LogP contribution in [0.15, 0.2) is 84.6 Å². The predicted molar refractivity (Wildman–Crippen MR) is 84.8 cm³/mol. The van der Waals surface area contributed by atoms with Crippen molar-refractivity contribution in [3.05, 3.63) is 95.7 Å². The van der Waals surface area contributed by atoms with Gasteiger partial charge in [0.15, 0.2) is 0 Å². The highest BCUT2D eigenvalue weighted by molar-refractivity contribution is 5.95. The van der Waals surface area contributed by atoms with E-state index in [9.17, 15) is 4.79 Å². The summed E-state index contributed by atoms with van der Waals surface area (Å²) in [5.74, 6) is 0.0434. The summed E-state index contributed by atoms with van der Waals surface area (Å²) in [7, 11) is 0. The lowest BCUT2D eigenvalue weighted by Crippen LogP contribution is -2.27. The van der Waals surface area contributed by atoms with Gasteiger partial charge in [0.2, 0.25) is 0 Å². The molecule has 2 nitrogen and oxygen atoms in total. The summed E-state index contributed by atoms with van der Waals surface area (Å²) < 4.78 is 0. The zero-order valence-corrected chi connectivity index (χ0v) is 11.8. The van der Waals surface area contributed by atoms with Crippen molar-refractivity contribution in [2.24, 2.45) is 0 Å². The first-order valence-corrected chi connectivity index (χ1v) is 7.10. The summed E-state index contributed by atoms with van der Waals surface area (Å²) in [6.45, 7) is 0.631. The molecule has 0 N–H and O–H groups in total. The van der Waals surface area contributed by atoms with Crippen LogP contribution < -0.4 is 0 Å². The summed E-state index contributed by atoms with van der Waals surface area (Å²) in [6, 6.07) is 19.7.